The third-order valence-electron chi connectivity index (χ3n) is 4.90. The quantitative estimate of drug-likeness (QED) is 0.186. The second-order valence-corrected chi connectivity index (χ2v) is 7.54. The van der Waals surface area contributed by atoms with Gasteiger partial charge in [-0.1, -0.05) is 10.3 Å². The molecule has 142 valence electrons. The van der Waals surface area contributed by atoms with Gasteiger partial charge in [0.15, 0.2) is 0 Å². The Morgan fingerprint density at radius 3 is 1.46 bits per heavy atom. The molecule has 0 spiro atoms. The molecule has 0 unspecified atom stereocenters. The molecular formula is C16H36N6O2. The Morgan fingerprint density at radius 2 is 1.21 bits per heavy atom. The second-order valence-electron chi connectivity index (χ2n) is 7.54. The number of nitrogens with zero attached hydrogens (tertiary/aromatic N) is 2. The zero-order valence-corrected chi connectivity index (χ0v) is 16.0. The van der Waals surface area contributed by atoms with Gasteiger partial charge in [-0.25, -0.2) is 0 Å². The zero-order chi connectivity index (χ0) is 19.0. The van der Waals surface area contributed by atoms with Crippen molar-refractivity contribution in [2.24, 2.45) is 21.8 Å². The molecule has 0 saturated heterocycles. The highest BCUT2D eigenvalue weighted by Crippen LogP contribution is 2.13. The predicted octanol–water partition coefficient (Wildman–Crippen LogP) is 0.859. The van der Waals surface area contributed by atoms with E-state index in [0.717, 1.165) is 0 Å². The first-order valence-electron chi connectivity index (χ1n) is 8.31. The van der Waals surface area contributed by atoms with Crippen molar-refractivity contribution < 1.29 is 10.4 Å². The molecule has 0 atom stereocenters. The van der Waals surface area contributed by atoms with Crippen molar-refractivity contribution in [2.45, 2.75) is 71.0 Å². The minimum atomic E-state index is -0.499. The first kappa shape index (κ1) is 22.8. The molecule has 0 fully saturated rings. The van der Waals surface area contributed by atoms with Gasteiger partial charge in [0, 0.05) is 12.1 Å². The Balaban J connectivity index is 4.50. The second kappa shape index (κ2) is 9.31. The first-order valence-corrected chi connectivity index (χ1v) is 8.31. The van der Waals surface area contributed by atoms with E-state index in [9.17, 15) is 0 Å². The molecule has 0 amide bonds. The summed E-state index contributed by atoms with van der Waals surface area (Å²) in [6.45, 7) is 13.0. The van der Waals surface area contributed by atoms with E-state index in [1.165, 1.54) is 0 Å². The van der Waals surface area contributed by atoms with Crippen LogP contribution in [0.1, 0.15) is 54.4 Å². The van der Waals surface area contributed by atoms with Crippen LogP contribution in [-0.2, 0) is 0 Å². The fourth-order valence-electron chi connectivity index (χ4n) is 2.08. The van der Waals surface area contributed by atoms with Crippen LogP contribution in [0.25, 0.3) is 0 Å². The third-order valence-corrected chi connectivity index (χ3v) is 4.90. The molecule has 0 bridgehead atoms. The molecule has 0 aromatic rings. The maximum atomic E-state index is 8.90. The summed E-state index contributed by atoms with van der Waals surface area (Å²) in [5, 5.41) is 31.0. The number of hydrogen-bond acceptors (Lipinski definition) is 8. The molecule has 0 aliphatic rings. The molecular weight excluding hydrogens is 308 g/mol. The molecule has 24 heavy (non-hydrogen) atoms. The highest BCUT2D eigenvalue weighted by atomic mass is 16.4. The normalized spacial score (nSPS) is 17.0. The average Bonchev–Trinajstić information content (AvgIpc) is 2.52. The Labute approximate surface area is 145 Å². The van der Waals surface area contributed by atoms with Gasteiger partial charge in [0.05, 0.1) is 22.5 Å². The molecule has 0 aliphatic carbocycles. The van der Waals surface area contributed by atoms with Crippen molar-refractivity contribution >= 4 is 11.4 Å². The van der Waals surface area contributed by atoms with Crippen LogP contribution in [0.5, 0.6) is 0 Å². The van der Waals surface area contributed by atoms with Crippen molar-refractivity contribution in [3.05, 3.63) is 0 Å². The fourth-order valence-corrected chi connectivity index (χ4v) is 2.08. The fraction of sp³-hybridized carbons (Fsp3) is 0.875. The maximum absolute atomic E-state index is 8.90. The number of nitrogens with one attached hydrogen (secondary N) is 2. The number of nitrogens with two attached hydrogens (primary N) is 2. The van der Waals surface area contributed by atoms with Gasteiger partial charge >= 0.3 is 0 Å². The average molecular weight is 345 g/mol. The highest BCUT2D eigenvalue weighted by molar-refractivity contribution is 5.90. The Morgan fingerprint density at radius 1 is 0.875 bits per heavy atom. The lowest BCUT2D eigenvalue weighted by molar-refractivity contribution is 0.303. The summed E-state index contributed by atoms with van der Waals surface area (Å²) < 4.78 is 0. The van der Waals surface area contributed by atoms with E-state index >= 15 is 0 Å². The van der Waals surface area contributed by atoms with Gasteiger partial charge in [-0.2, -0.15) is 0 Å². The monoisotopic (exact) mass is 344 g/mol. The van der Waals surface area contributed by atoms with Gasteiger partial charge in [0.1, 0.15) is 0 Å². The van der Waals surface area contributed by atoms with E-state index in [1.807, 2.05) is 27.7 Å². The van der Waals surface area contributed by atoms with Crippen molar-refractivity contribution in [3.8, 4) is 0 Å². The maximum Gasteiger partial charge on any atom is 0.0734 e. The lowest BCUT2D eigenvalue weighted by atomic mass is 9.90. The molecule has 0 aliphatic heterocycles. The molecule has 0 heterocycles. The van der Waals surface area contributed by atoms with Gasteiger partial charge in [-0.3, -0.25) is 0 Å². The van der Waals surface area contributed by atoms with E-state index in [2.05, 4.69) is 20.9 Å². The topological polar surface area (TPSA) is 141 Å². The van der Waals surface area contributed by atoms with Gasteiger partial charge in [0.25, 0.3) is 0 Å². The SMILES string of the molecule is CC(=NO)C(C)(C)NCCC(N)(CN)CCNC(C)(C)C(C)=NO. The molecule has 0 aromatic heterocycles. The zero-order valence-electron chi connectivity index (χ0n) is 16.0. The van der Waals surface area contributed by atoms with E-state index < -0.39 is 16.6 Å². The summed E-state index contributed by atoms with van der Waals surface area (Å²) in [5.74, 6) is 0. The van der Waals surface area contributed by atoms with E-state index in [1.54, 1.807) is 13.8 Å². The lowest BCUT2D eigenvalue weighted by Gasteiger charge is -2.33. The van der Waals surface area contributed by atoms with Crippen molar-refractivity contribution in [1.29, 1.82) is 0 Å². The smallest absolute Gasteiger partial charge is 0.0734 e. The number of oxime groups is 2. The molecule has 8 nitrogen and oxygen atoms in total. The molecule has 8 N–H and O–H groups in total. The predicted molar refractivity (Wildman–Crippen MR) is 99.2 cm³/mol. The lowest BCUT2D eigenvalue weighted by Crippen LogP contribution is -2.55. The van der Waals surface area contributed by atoms with Gasteiger partial charge in [-0.05, 0) is 67.5 Å². The van der Waals surface area contributed by atoms with E-state index in [0.29, 0.717) is 43.9 Å². The van der Waals surface area contributed by atoms with Crippen LogP contribution in [0.3, 0.4) is 0 Å². The van der Waals surface area contributed by atoms with Crippen LogP contribution < -0.4 is 22.1 Å². The molecule has 0 rings (SSSR count). The van der Waals surface area contributed by atoms with Crippen LogP contribution in [-0.4, -0.2) is 58.1 Å². The summed E-state index contributed by atoms with van der Waals surface area (Å²) in [6.07, 6.45) is 1.39. The third kappa shape index (κ3) is 7.12. The highest BCUT2D eigenvalue weighted by Gasteiger charge is 2.28. The van der Waals surface area contributed by atoms with Gasteiger partial charge in [0.2, 0.25) is 0 Å². The minimum Gasteiger partial charge on any atom is -0.411 e. The Hall–Kier alpha value is -1.22. The number of hydrogen-bond donors (Lipinski definition) is 6. The molecule has 0 radical (unpaired) electrons. The Kier molecular flexibility index (Phi) is 8.84. The Bertz CT molecular complexity index is 410. The number of rotatable bonds is 11. The van der Waals surface area contributed by atoms with Crippen molar-refractivity contribution in [1.82, 2.24) is 10.6 Å². The van der Waals surface area contributed by atoms with Crippen molar-refractivity contribution in [2.75, 3.05) is 19.6 Å². The first-order chi connectivity index (χ1) is 10.9. The van der Waals surface area contributed by atoms with Crippen LogP contribution in [0.15, 0.2) is 10.3 Å². The summed E-state index contributed by atoms with van der Waals surface area (Å²) in [7, 11) is 0. The van der Waals surface area contributed by atoms with E-state index in [4.69, 9.17) is 21.9 Å². The van der Waals surface area contributed by atoms with Gasteiger partial charge < -0.3 is 32.5 Å². The molecule has 8 heteroatoms. The summed E-state index contributed by atoms with van der Waals surface area (Å²) in [6, 6.07) is 0. The van der Waals surface area contributed by atoms with Gasteiger partial charge in [-0.15, -0.1) is 0 Å². The molecule has 0 saturated carbocycles. The largest absolute Gasteiger partial charge is 0.411 e. The standard InChI is InChI=1S/C16H36N6O2/c1-12(21-23)14(3,4)19-9-7-16(18,11-17)8-10-20-15(5,6)13(2)22-24/h19-20,23-24H,7-11,17-18H2,1-6H3. The van der Waals surface area contributed by atoms with E-state index in [-0.39, 0.29) is 0 Å². The summed E-state index contributed by atoms with van der Waals surface area (Å²) >= 11 is 0. The summed E-state index contributed by atoms with van der Waals surface area (Å²) in [4.78, 5) is 0. The van der Waals surface area contributed by atoms with Crippen LogP contribution in [0.2, 0.25) is 0 Å². The van der Waals surface area contributed by atoms with Crippen LogP contribution in [0, 0.1) is 0 Å². The molecule has 0 aromatic carbocycles. The summed E-state index contributed by atoms with van der Waals surface area (Å²) in [5.41, 5.74) is 12.2. The van der Waals surface area contributed by atoms with Crippen LogP contribution in [0.4, 0.5) is 0 Å². The minimum absolute atomic E-state index is 0.372. The van der Waals surface area contributed by atoms with Crippen LogP contribution >= 0.6 is 0 Å². The van der Waals surface area contributed by atoms with Crippen molar-refractivity contribution in [3.63, 3.8) is 0 Å².